The first-order chi connectivity index (χ1) is 9.99. The maximum absolute atomic E-state index is 12.9. The molecule has 0 saturated heterocycles. The Morgan fingerprint density at radius 2 is 1.95 bits per heavy atom. The van der Waals surface area contributed by atoms with E-state index in [0.717, 1.165) is 11.9 Å². The van der Waals surface area contributed by atoms with Crippen LogP contribution in [0.5, 0.6) is 0 Å². The third-order valence-corrected chi connectivity index (χ3v) is 3.68. The lowest BCUT2D eigenvalue weighted by molar-refractivity contribution is 0.116. The number of aliphatic hydroxyl groups excluding tert-OH is 1. The largest absolute Gasteiger partial charge is 0.386 e. The summed E-state index contributed by atoms with van der Waals surface area (Å²) in [5.74, 6) is -0.414. The van der Waals surface area contributed by atoms with Crippen LogP contribution in [0.25, 0.3) is 0 Å². The summed E-state index contributed by atoms with van der Waals surface area (Å²) < 4.78 is 12.9. The van der Waals surface area contributed by atoms with Crippen LogP contribution in [0.2, 0.25) is 0 Å². The molecule has 0 spiro atoms. The average Bonchev–Trinajstić information content (AvgIpc) is 2.47. The van der Waals surface area contributed by atoms with Crippen LogP contribution < -0.4 is 4.90 Å². The minimum absolute atomic E-state index is 0.0208. The summed E-state index contributed by atoms with van der Waals surface area (Å²) in [7, 11) is 2.00. The number of aliphatic hydroxyl groups is 1. The number of pyridine rings is 1. The van der Waals surface area contributed by atoms with Crippen LogP contribution in [0.3, 0.4) is 0 Å². The summed E-state index contributed by atoms with van der Waals surface area (Å²) in [4.78, 5) is 6.07. The molecule has 1 aromatic carbocycles. The van der Waals surface area contributed by atoms with E-state index in [-0.39, 0.29) is 5.92 Å². The summed E-state index contributed by atoms with van der Waals surface area (Å²) in [5, 5.41) is 10.3. The van der Waals surface area contributed by atoms with Crippen LogP contribution in [0.15, 0.2) is 42.6 Å². The van der Waals surface area contributed by atoms with Gasteiger partial charge in [0.2, 0.25) is 0 Å². The van der Waals surface area contributed by atoms with Crippen molar-refractivity contribution in [1.82, 2.24) is 4.98 Å². The first kappa shape index (κ1) is 15.4. The molecule has 4 heteroatoms. The molecule has 1 N–H and O–H groups in total. The number of anilines is 1. The molecule has 0 aliphatic carbocycles. The third kappa shape index (κ3) is 3.79. The number of rotatable bonds is 5. The molecule has 2 aromatic rings. The number of halogens is 1. The van der Waals surface area contributed by atoms with Crippen LogP contribution in [0.1, 0.15) is 24.3 Å². The maximum Gasteiger partial charge on any atom is 0.141 e. The van der Waals surface area contributed by atoms with E-state index in [0.29, 0.717) is 12.2 Å². The van der Waals surface area contributed by atoms with Crippen LogP contribution in [-0.4, -0.2) is 23.7 Å². The molecular formula is C17H21FN2O. The molecule has 0 bridgehead atoms. The normalized spacial score (nSPS) is 13.8. The zero-order valence-corrected chi connectivity index (χ0v) is 12.6. The van der Waals surface area contributed by atoms with Crippen molar-refractivity contribution in [2.24, 2.45) is 5.92 Å². The van der Waals surface area contributed by atoms with Crippen molar-refractivity contribution in [3.05, 3.63) is 59.7 Å². The highest BCUT2D eigenvalue weighted by Crippen LogP contribution is 2.24. The topological polar surface area (TPSA) is 36.4 Å². The van der Waals surface area contributed by atoms with Gasteiger partial charge in [-0.2, -0.15) is 0 Å². The van der Waals surface area contributed by atoms with Gasteiger partial charge in [-0.1, -0.05) is 25.1 Å². The van der Waals surface area contributed by atoms with Gasteiger partial charge in [-0.3, -0.25) is 4.98 Å². The highest BCUT2D eigenvalue weighted by atomic mass is 19.1. The minimum Gasteiger partial charge on any atom is -0.386 e. The summed E-state index contributed by atoms with van der Waals surface area (Å²) in [6.45, 7) is 4.71. The molecule has 1 heterocycles. The average molecular weight is 288 g/mol. The summed E-state index contributed by atoms with van der Waals surface area (Å²) in [6, 6.07) is 11.0. The lowest BCUT2D eigenvalue weighted by Gasteiger charge is -2.27. The lowest BCUT2D eigenvalue weighted by atomic mass is 10.0. The van der Waals surface area contributed by atoms with Crippen molar-refractivity contribution >= 4 is 5.69 Å². The molecule has 0 aliphatic rings. The van der Waals surface area contributed by atoms with E-state index in [1.54, 1.807) is 0 Å². The number of benzene rings is 1. The molecule has 0 saturated carbocycles. The molecule has 2 unspecified atom stereocenters. The highest BCUT2D eigenvalue weighted by Gasteiger charge is 2.20. The quantitative estimate of drug-likeness (QED) is 0.916. The zero-order chi connectivity index (χ0) is 15.4. The van der Waals surface area contributed by atoms with E-state index in [1.165, 1.54) is 17.7 Å². The van der Waals surface area contributed by atoms with Crippen LogP contribution in [0.4, 0.5) is 10.1 Å². The van der Waals surface area contributed by atoms with E-state index in [9.17, 15) is 9.50 Å². The third-order valence-electron chi connectivity index (χ3n) is 3.68. The standard InChI is InChI=1S/C17H21FN2O/c1-12-6-4-5-7-16(12)20(3)11-13(2)17(21)15-9-8-14(18)10-19-15/h4-10,13,17,21H,11H2,1-3H3. The molecule has 0 fully saturated rings. The Bertz CT molecular complexity index is 586. The fourth-order valence-corrected chi connectivity index (χ4v) is 2.48. The van der Waals surface area contributed by atoms with Crippen molar-refractivity contribution in [2.75, 3.05) is 18.5 Å². The number of hydrogen-bond donors (Lipinski definition) is 1. The maximum atomic E-state index is 12.9. The van der Waals surface area contributed by atoms with Gasteiger partial charge in [-0.05, 0) is 30.7 Å². The smallest absolute Gasteiger partial charge is 0.141 e. The van der Waals surface area contributed by atoms with Crippen molar-refractivity contribution in [1.29, 1.82) is 0 Å². The SMILES string of the molecule is Cc1ccccc1N(C)CC(C)C(O)c1ccc(F)cn1. The number of nitrogens with zero attached hydrogens (tertiary/aromatic N) is 2. The Morgan fingerprint density at radius 3 is 2.57 bits per heavy atom. The highest BCUT2D eigenvalue weighted by molar-refractivity contribution is 5.52. The van der Waals surface area contributed by atoms with Gasteiger partial charge in [-0.25, -0.2) is 4.39 Å². The Balaban J connectivity index is 2.05. The molecule has 0 radical (unpaired) electrons. The Morgan fingerprint density at radius 1 is 1.24 bits per heavy atom. The van der Waals surface area contributed by atoms with Gasteiger partial charge >= 0.3 is 0 Å². The lowest BCUT2D eigenvalue weighted by Crippen LogP contribution is -2.28. The van der Waals surface area contributed by atoms with Crippen molar-refractivity contribution < 1.29 is 9.50 Å². The van der Waals surface area contributed by atoms with Crippen LogP contribution in [0, 0.1) is 18.7 Å². The van der Waals surface area contributed by atoms with Gasteiger partial charge in [0.15, 0.2) is 0 Å². The molecule has 3 nitrogen and oxygen atoms in total. The summed E-state index contributed by atoms with van der Waals surface area (Å²) in [6.07, 6.45) is 0.424. The van der Waals surface area contributed by atoms with Gasteiger partial charge in [0, 0.05) is 25.2 Å². The van der Waals surface area contributed by atoms with Gasteiger partial charge in [0.05, 0.1) is 11.9 Å². The molecule has 21 heavy (non-hydrogen) atoms. The Kier molecular flexibility index (Phi) is 4.91. The molecule has 0 amide bonds. The number of aryl methyl sites for hydroxylation is 1. The van der Waals surface area contributed by atoms with E-state index in [2.05, 4.69) is 28.9 Å². The predicted octanol–water partition coefficient (Wildman–Crippen LogP) is 3.34. The van der Waals surface area contributed by atoms with Crippen molar-refractivity contribution in [2.45, 2.75) is 20.0 Å². The Labute approximate surface area is 125 Å². The van der Waals surface area contributed by atoms with E-state index in [1.807, 2.05) is 26.1 Å². The van der Waals surface area contributed by atoms with Crippen molar-refractivity contribution in [3.8, 4) is 0 Å². The number of hydrogen-bond acceptors (Lipinski definition) is 3. The number of aromatic nitrogens is 1. The number of para-hydroxylation sites is 1. The molecule has 112 valence electrons. The molecule has 2 rings (SSSR count). The molecule has 2 atom stereocenters. The Hall–Kier alpha value is -1.94. The van der Waals surface area contributed by atoms with Gasteiger partial charge < -0.3 is 10.0 Å². The van der Waals surface area contributed by atoms with E-state index < -0.39 is 11.9 Å². The van der Waals surface area contributed by atoms with E-state index >= 15 is 0 Å². The second-order valence-electron chi connectivity index (χ2n) is 5.49. The monoisotopic (exact) mass is 288 g/mol. The first-order valence-electron chi connectivity index (χ1n) is 7.05. The first-order valence-corrected chi connectivity index (χ1v) is 7.05. The van der Waals surface area contributed by atoms with E-state index in [4.69, 9.17) is 0 Å². The minimum atomic E-state index is -0.711. The fraction of sp³-hybridized carbons (Fsp3) is 0.353. The summed E-state index contributed by atoms with van der Waals surface area (Å²) in [5.41, 5.74) is 2.84. The van der Waals surface area contributed by atoms with Gasteiger partial charge in [0.25, 0.3) is 0 Å². The molecule has 1 aromatic heterocycles. The van der Waals surface area contributed by atoms with Crippen LogP contribution >= 0.6 is 0 Å². The van der Waals surface area contributed by atoms with Gasteiger partial charge in [-0.15, -0.1) is 0 Å². The second kappa shape index (κ2) is 6.68. The fourth-order valence-electron chi connectivity index (χ4n) is 2.48. The predicted molar refractivity (Wildman–Crippen MR) is 82.8 cm³/mol. The molecular weight excluding hydrogens is 267 g/mol. The summed E-state index contributed by atoms with van der Waals surface area (Å²) >= 11 is 0. The van der Waals surface area contributed by atoms with Crippen LogP contribution in [-0.2, 0) is 0 Å². The van der Waals surface area contributed by atoms with Gasteiger partial charge in [0.1, 0.15) is 11.9 Å². The molecule has 0 aliphatic heterocycles. The van der Waals surface area contributed by atoms with Crippen molar-refractivity contribution in [3.63, 3.8) is 0 Å². The zero-order valence-electron chi connectivity index (χ0n) is 12.6. The second-order valence-corrected chi connectivity index (χ2v) is 5.49.